The van der Waals surface area contributed by atoms with Gasteiger partial charge in [-0.1, -0.05) is 84.0 Å². The highest BCUT2D eigenvalue weighted by molar-refractivity contribution is 5.78. The maximum Gasteiger partial charge on any atom is 0.356 e. The molecule has 0 radical (unpaired) electrons. The van der Waals surface area contributed by atoms with Crippen LogP contribution >= 0.6 is 0 Å². The maximum absolute atomic E-state index is 11.5. The monoisotopic (exact) mass is 414 g/mol. The quantitative estimate of drug-likeness (QED) is 0.115. The maximum atomic E-state index is 11.5. The van der Waals surface area contributed by atoms with E-state index >= 15 is 0 Å². The molecule has 0 saturated heterocycles. The molecule has 0 saturated carbocycles. The van der Waals surface area contributed by atoms with Crippen molar-refractivity contribution in [2.75, 3.05) is 0 Å². The number of hydrogen-bond donors (Lipinski definition) is 0. The summed E-state index contributed by atoms with van der Waals surface area (Å²) in [7, 11) is 0. The SMILES string of the molecule is CCCCCCCCCCCCCCCC(=O)OOC(=O)CCC(=O)OC(C)C. The van der Waals surface area contributed by atoms with Crippen molar-refractivity contribution in [3.63, 3.8) is 0 Å². The van der Waals surface area contributed by atoms with E-state index in [0.29, 0.717) is 0 Å². The zero-order chi connectivity index (χ0) is 21.7. The Kier molecular flexibility index (Phi) is 18.6. The van der Waals surface area contributed by atoms with Gasteiger partial charge in [0, 0.05) is 0 Å². The zero-order valence-corrected chi connectivity index (χ0v) is 18.8. The van der Waals surface area contributed by atoms with E-state index in [1.807, 2.05) is 0 Å². The molecule has 0 bridgehead atoms. The van der Waals surface area contributed by atoms with E-state index in [-0.39, 0.29) is 25.4 Å². The minimum atomic E-state index is -0.746. The molecular formula is C23H42O6. The fourth-order valence-corrected chi connectivity index (χ4v) is 2.99. The van der Waals surface area contributed by atoms with Crippen LogP contribution in [0.15, 0.2) is 0 Å². The Hall–Kier alpha value is -1.59. The van der Waals surface area contributed by atoms with Crippen LogP contribution in [0.3, 0.4) is 0 Å². The third-order valence-corrected chi connectivity index (χ3v) is 4.61. The Morgan fingerprint density at radius 2 is 0.931 bits per heavy atom. The van der Waals surface area contributed by atoms with Gasteiger partial charge in [0.05, 0.1) is 25.4 Å². The predicted molar refractivity (Wildman–Crippen MR) is 113 cm³/mol. The van der Waals surface area contributed by atoms with Gasteiger partial charge in [0.1, 0.15) is 0 Å². The number of unbranched alkanes of at least 4 members (excludes halogenated alkanes) is 12. The van der Waals surface area contributed by atoms with Crippen molar-refractivity contribution in [1.82, 2.24) is 0 Å². The van der Waals surface area contributed by atoms with Crippen LogP contribution < -0.4 is 0 Å². The number of ether oxygens (including phenoxy) is 1. The van der Waals surface area contributed by atoms with Crippen molar-refractivity contribution in [2.45, 2.75) is 130 Å². The van der Waals surface area contributed by atoms with Gasteiger partial charge in [-0.15, -0.1) is 0 Å². The fraction of sp³-hybridized carbons (Fsp3) is 0.870. The average Bonchev–Trinajstić information content (AvgIpc) is 2.67. The molecule has 0 rings (SSSR count). The summed E-state index contributed by atoms with van der Waals surface area (Å²) in [5, 5.41) is 0. The summed E-state index contributed by atoms with van der Waals surface area (Å²) in [5.74, 6) is -1.77. The molecule has 6 heteroatoms. The molecule has 0 N–H and O–H groups in total. The van der Waals surface area contributed by atoms with Crippen molar-refractivity contribution >= 4 is 17.9 Å². The lowest BCUT2D eigenvalue weighted by Crippen LogP contribution is -2.15. The minimum Gasteiger partial charge on any atom is -0.463 e. The highest BCUT2D eigenvalue weighted by Gasteiger charge is 2.13. The Morgan fingerprint density at radius 3 is 1.38 bits per heavy atom. The van der Waals surface area contributed by atoms with E-state index in [4.69, 9.17) is 4.74 Å². The first-order chi connectivity index (χ1) is 14.0. The first-order valence-electron chi connectivity index (χ1n) is 11.5. The topological polar surface area (TPSA) is 78.9 Å². The largest absolute Gasteiger partial charge is 0.463 e. The van der Waals surface area contributed by atoms with Crippen LogP contribution in [0.5, 0.6) is 0 Å². The standard InChI is InChI=1S/C23H42O6/c1-4-5-6-7-8-9-10-11-12-13-14-15-16-17-22(25)28-29-23(26)19-18-21(24)27-20(2)3/h20H,4-19H2,1-3H3. The molecule has 0 atom stereocenters. The Labute approximate surface area is 177 Å². The van der Waals surface area contributed by atoms with Crippen LogP contribution in [0, 0.1) is 0 Å². The van der Waals surface area contributed by atoms with Gasteiger partial charge < -0.3 is 4.74 Å². The van der Waals surface area contributed by atoms with Crippen molar-refractivity contribution in [2.24, 2.45) is 0 Å². The van der Waals surface area contributed by atoms with E-state index in [1.165, 1.54) is 64.2 Å². The number of esters is 1. The van der Waals surface area contributed by atoms with Gasteiger partial charge in [0.2, 0.25) is 0 Å². The van der Waals surface area contributed by atoms with Crippen molar-refractivity contribution in [1.29, 1.82) is 0 Å². The molecule has 0 aromatic heterocycles. The normalized spacial score (nSPS) is 10.8. The van der Waals surface area contributed by atoms with Crippen LogP contribution in [-0.4, -0.2) is 24.0 Å². The second kappa shape index (κ2) is 19.7. The molecule has 0 aliphatic heterocycles. The Bertz CT molecular complexity index is 433. The van der Waals surface area contributed by atoms with Gasteiger partial charge in [0.15, 0.2) is 0 Å². The van der Waals surface area contributed by atoms with E-state index in [0.717, 1.165) is 19.3 Å². The van der Waals surface area contributed by atoms with Gasteiger partial charge in [-0.2, -0.15) is 0 Å². The average molecular weight is 415 g/mol. The third kappa shape index (κ3) is 20.9. The van der Waals surface area contributed by atoms with Crippen LogP contribution in [0.25, 0.3) is 0 Å². The third-order valence-electron chi connectivity index (χ3n) is 4.61. The molecule has 170 valence electrons. The van der Waals surface area contributed by atoms with Crippen LogP contribution in [0.2, 0.25) is 0 Å². The van der Waals surface area contributed by atoms with Gasteiger partial charge in [0.25, 0.3) is 0 Å². The molecule has 0 aromatic carbocycles. The Balaban J connectivity index is 3.39. The van der Waals surface area contributed by atoms with E-state index < -0.39 is 17.9 Å². The van der Waals surface area contributed by atoms with E-state index in [9.17, 15) is 14.4 Å². The number of rotatable bonds is 18. The van der Waals surface area contributed by atoms with Crippen molar-refractivity contribution < 1.29 is 28.9 Å². The summed E-state index contributed by atoms with van der Waals surface area (Å²) >= 11 is 0. The Morgan fingerprint density at radius 1 is 0.552 bits per heavy atom. The van der Waals surface area contributed by atoms with Gasteiger partial charge in [-0.25, -0.2) is 19.4 Å². The van der Waals surface area contributed by atoms with Crippen molar-refractivity contribution in [3.8, 4) is 0 Å². The first-order valence-corrected chi connectivity index (χ1v) is 11.5. The van der Waals surface area contributed by atoms with Crippen molar-refractivity contribution in [3.05, 3.63) is 0 Å². The molecular weight excluding hydrogens is 372 g/mol. The minimum absolute atomic E-state index is 0.0899. The summed E-state index contributed by atoms with van der Waals surface area (Å²) < 4.78 is 4.90. The molecule has 0 fully saturated rings. The van der Waals surface area contributed by atoms with Crippen LogP contribution in [0.1, 0.15) is 124 Å². The summed E-state index contributed by atoms with van der Waals surface area (Å²) in [5.41, 5.74) is 0. The van der Waals surface area contributed by atoms with Gasteiger partial charge in [-0.05, 0) is 20.3 Å². The predicted octanol–water partition coefficient (Wildman–Crippen LogP) is 6.20. The van der Waals surface area contributed by atoms with Crippen LogP contribution in [0.4, 0.5) is 0 Å². The number of carbonyl (C=O) groups excluding carboxylic acids is 3. The molecule has 0 heterocycles. The lowest BCUT2D eigenvalue weighted by atomic mass is 10.0. The van der Waals surface area contributed by atoms with E-state index in [2.05, 4.69) is 16.7 Å². The van der Waals surface area contributed by atoms with Gasteiger partial charge >= 0.3 is 17.9 Å². The highest BCUT2D eigenvalue weighted by atomic mass is 17.2. The smallest absolute Gasteiger partial charge is 0.356 e. The molecule has 0 aliphatic carbocycles. The molecule has 6 nitrogen and oxygen atoms in total. The van der Waals surface area contributed by atoms with Gasteiger partial charge in [-0.3, -0.25) is 4.79 Å². The first kappa shape index (κ1) is 27.4. The fourth-order valence-electron chi connectivity index (χ4n) is 2.99. The lowest BCUT2D eigenvalue weighted by molar-refractivity contribution is -0.259. The summed E-state index contributed by atoms with van der Waals surface area (Å²) in [6.45, 7) is 5.71. The second-order valence-electron chi connectivity index (χ2n) is 7.94. The number of carbonyl (C=O) groups is 3. The highest BCUT2D eigenvalue weighted by Crippen LogP contribution is 2.13. The molecule has 0 spiro atoms. The molecule has 0 aliphatic rings. The molecule has 0 aromatic rings. The van der Waals surface area contributed by atoms with Crippen LogP contribution in [-0.2, 0) is 28.9 Å². The van der Waals surface area contributed by atoms with E-state index in [1.54, 1.807) is 13.8 Å². The second-order valence-corrected chi connectivity index (χ2v) is 7.94. The summed E-state index contributed by atoms with van der Waals surface area (Å²) in [4.78, 5) is 43.2. The molecule has 0 unspecified atom stereocenters. The summed E-state index contributed by atoms with van der Waals surface area (Å²) in [6, 6.07) is 0. The summed E-state index contributed by atoms with van der Waals surface area (Å²) in [6.07, 6.45) is 15.8. The molecule has 29 heavy (non-hydrogen) atoms. The zero-order valence-electron chi connectivity index (χ0n) is 18.8. The number of hydrogen-bond acceptors (Lipinski definition) is 6. The molecule has 0 amide bonds. The lowest BCUT2D eigenvalue weighted by Gasteiger charge is -2.07.